The molecule has 1 aliphatic rings. The maximum absolute atomic E-state index is 11.1. The van der Waals surface area contributed by atoms with E-state index >= 15 is 0 Å². The van der Waals surface area contributed by atoms with Crippen molar-refractivity contribution in [2.24, 2.45) is 5.92 Å². The predicted molar refractivity (Wildman–Crippen MR) is 72.1 cm³/mol. The Balaban J connectivity index is 2.31. The molecule has 1 fully saturated rings. The van der Waals surface area contributed by atoms with Crippen molar-refractivity contribution in [1.29, 1.82) is 0 Å². The fourth-order valence-corrected chi connectivity index (χ4v) is 2.42. The lowest BCUT2D eigenvalue weighted by Gasteiger charge is -2.32. The van der Waals surface area contributed by atoms with Gasteiger partial charge in [0.25, 0.3) is 5.69 Å². The van der Waals surface area contributed by atoms with Crippen molar-refractivity contribution in [3.63, 3.8) is 0 Å². The molecule has 0 amide bonds. The van der Waals surface area contributed by atoms with Gasteiger partial charge < -0.3 is 15.1 Å². The highest BCUT2D eigenvalue weighted by molar-refractivity contribution is 5.90. The SMILES string of the molecule is O=C(O)c1ccc([N+](=O)[O-])c(N2CCC(CO)CC2)c1. The number of aliphatic hydroxyl groups is 1. The number of carbonyl (C=O) groups is 1. The molecule has 2 N–H and O–H groups in total. The highest BCUT2D eigenvalue weighted by atomic mass is 16.6. The molecule has 0 saturated carbocycles. The van der Waals surface area contributed by atoms with Gasteiger partial charge in [0.1, 0.15) is 5.69 Å². The van der Waals surface area contributed by atoms with E-state index in [9.17, 15) is 14.9 Å². The first-order chi connectivity index (χ1) is 9.52. The average Bonchev–Trinajstić information content (AvgIpc) is 2.46. The summed E-state index contributed by atoms with van der Waals surface area (Å²) in [5.41, 5.74) is 0.290. The summed E-state index contributed by atoms with van der Waals surface area (Å²) < 4.78 is 0. The number of aromatic carboxylic acids is 1. The third-order valence-corrected chi connectivity index (χ3v) is 3.63. The second-order valence-electron chi connectivity index (χ2n) is 4.88. The maximum Gasteiger partial charge on any atom is 0.335 e. The Kier molecular flexibility index (Phi) is 4.19. The zero-order valence-corrected chi connectivity index (χ0v) is 10.9. The van der Waals surface area contributed by atoms with Gasteiger partial charge in [0.05, 0.1) is 10.5 Å². The summed E-state index contributed by atoms with van der Waals surface area (Å²) in [6, 6.07) is 3.82. The van der Waals surface area contributed by atoms with Crippen LogP contribution in [0.4, 0.5) is 11.4 Å². The average molecular weight is 280 g/mol. The van der Waals surface area contributed by atoms with Crippen LogP contribution in [0, 0.1) is 16.0 Å². The number of benzene rings is 1. The van der Waals surface area contributed by atoms with Gasteiger partial charge in [-0.25, -0.2) is 4.79 Å². The lowest BCUT2D eigenvalue weighted by atomic mass is 9.97. The van der Waals surface area contributed by atoms with Gasteiger partial charge in [0, 0.05) is 25.8 Å². The van der Waals surface area contributed by atoms with Crippen LogP contribution >= 0.6 is 0 Å². The molecule has 0 atom stereocenters. The second kappa shape index (κ2) is 5.87. The minimum atomic E-state index is -1.11. The molecular formula is C13H16N2O5. The zero-order chi connectivity index (χ0) is 14.7. The lowest BCUT2D eigenvalue weighted by Crippen LogP contribution is -2.35. The molecular weight excluding hydrogens is 264 g/mol. The van der Waals surface area contributed by atoms with E-state index < -0.39 is 10.9 Å². The lowest BCUT2D eigenvalue weighted by molar-refractivity contribution is -0.384. The highest BCUT2D eigenvalue weighted by Crippen LogP contribution is 2.32. The van der Waals surface area contributed by atoms with Crippen LogP contribution in [0.15, 0.2) is 18.2 Å². The van der Waals surface area contributed by atoms with Crippen molar-refractivity contribution in [3.05, 3.63) is 33.9 Å². The summed E-state index contributed by atoms with van der Waals surface area (Å²) in [6.45, 7) is 1.27. The van der Waals surface area contributed by atoms with E-state index in [2.05, 4.69) is 0 Å². The van der Waals surface area contributed by atoms with E-state index in [-0.39, 0.29) is 23.8 Å². The van der Waals surface area contributed by atoms with Gasteiger partial charge in [0.15, 0.2) is 0 Å². The summed E-state index contributed by atoms with van der Waals surface area (Å²) in [5, 5.41) is 29.2. The van der Waals surface area contributed by atoms with Gasteiger partial charge in [-0.3, -0.25) is 10.1 Å². The van der Waals surface area contributed by atoms with Gasteiger partial charge in [-0.2, -0.15) is 0 Å². The molecule has 0 radical (unpaired) electrons. The fourth-order valence-electron chi connectivity index (χ4n) is 2.42. The van der Waals surface area contributed by atoms with E-state index in [1.807, 2.05) is 4.90 Å². The number of nitrogens with zero attached hydrogens (tertiary/aromatic N) is 2. The van der Waals surface area contributed by atoms with E-state index in [0.717, 1.165) is 12.8 Å². The number of carboxylic acid groups (broad SMARTS) is 1. The topological polar surface area (TPSA) is 104 Å². The minimum absolute atomic E-state index is 0.0369. The van der Waals surface area contributed by atoms with Crippen molar-refractivity contribution in [2.45, 2.75) is 12.8 Å². The molecule has 0 unspecified atom stereocenters. The molecule has 1 aromatic rings. The number of hydrogen-bond acceptors (Lipinski definition) is 5. The van der Waals surface area contributed by atoms with Gasteiger partial charge in [-0.05, 0) is 30.9 Å². The normalized spacial score (nSPS) is 16.1. The summed E-state index contributed by atoms with van der Waals surface area (Å²) in [6.07, 6.45) is 1.48. The third kappa shape index (κ3) is 2.88. The quantitative estimate of drug-likeness (QED) is 0.639. The number of carboxylic acids is 1. The number of nitro benzene ring substituents is 1. The molecule has 2 rings (SSSR count). The summed E-state index contributed by atoms with van der Waals surface area (Å²) in [5.74, 6) is -0.889. The second-order valence-corrected chi connectivity index (χ2v) is 4.88. The molecule has 108 valence electrons. The van der Waals surface area contributed by atoms with Crippen molar-refractivity contribution < 1.29 is 19.9 Å². The van der Waals surface area contributed by atoms with Crippen LogP contribution in [0.25, 0.3) is 0 Å². The van der Waals surface area contributed by atoms with Crippen LogP contribution in [0.1, 0.15) is 23.2 Å². The number of piperidine rings is 1. The van der Waals surface area contributed by atoms with Crippen LogP contribution in [-0.4, -0.2) is 40.8 Å². The van der Waals surface area contributed by atoms with Gasteiger partial charge >= 0.3 is 5.97 Å². The molecule has 7 heteroatoms. The van der Waals surface area contributed by atoms with E-state index in [1.54, 1.807) is 0 Å². The summed E-state index contributed by atoms with van der Waals surface area (Å²) in [7, 11) is 0. The number of hydrogen-bond donors (Lipinski definition) is 2. The molecule has 1 heterocycles. The molecule has 0 spiro atoms. The van der Waals surface area contributed by atoms with E-state index in [0.29, 0.717) is 18.8 Å². The first-order valence-electron chi connectivity index (χ1n) is 6.40. The maximum atomic E-state index is 11.1. The Hall–Kier alpha value is -2.15. The van der Waals surface area contributed by atoms with Gasteiger partial charge in [-0.1, -0.05) is 0 Å². The van der Waals surface area contributed by atoms with E-state index in [4.69, 9.17) is 10.2 Å². The number of nitro groups is 1. The monoisotopic (exact) mass is 280 g/mol. The third-order valence-electron chi connectivity index (χ3n) is 3.63. The number of anilines is 1. The predicted octanol–water partition coefficient (Wildman–Crippen LogP) is 1.50. The summed E-state index contributed by atoms with van der Waals surface area (Å²) in [4.78, 5) is 23.4. The van der Waals surface area contributed by atoms with Crippen LogP contribution in [-0.2, 0) is 0 Å². The van der Waals surface area contributed by atoms with Gasteiger partial charge in [-0.15, -0.1) is 0 Å². The van der Waals surface area contributed by atoms with Crippen LogP contribution in [0.3, 0.4) is 0 Å². The Morgan fingerprint density at radius 3 is 2.55 bits per heavy atom. The largest absolute Gasteiger partial charge is 0.478 e. The number of rotatable bonds is 4. The number of aliphatic hydroxyl groups excluding tert-OH is 1. The van der Waals surface area contributed by atoms with Crippen molar-refractivity contribution >= 4 is 17.3 Å². The molecule has 0 aliphatic carbocycles. The Bertz CT molecular complexity index is 523. The van der Waals surface area contributed by atoms with Crippen molar-refractivity contribution in [1.82, 2.24) is 0 Å². The van der Waals surface area contributed by atoms with Gasteiger partial charge in [0.2, 0.25) is 0 Å². The first-order valence-corrected chi connectivity index (χ1v) is 6.40. The highest BCUT2D eigenvalue weighted by Gasteiger charge is 2.25. The standard InChI is InChI=1S/C13H16N2O5/c16-8-9-3-5-14(6-4-9)12-7-10(13(17)18)1-2-11(12)15(19)20/h1-2,7,9,16H,3-6,8H2,(H,17,18). The Labute approximate surface area is 115 Å². The minimum Gasteiger partial charge on any atom is -0.478 e. The van der Waals surface area contributed by atoms with Crippen molar-refractivity contribution in [2.75, 3.05) is 24.6 Å². The molecule has 0 bridgehead atoms. The molecule has 20 heavy (non-hydrogen) atoms. The van der Waals surface area contributed by atoms with Crippen LogP contribution in [0.2, 0.25) is 0 Å². The molecule has 1 aromatic carbocycles. The first kappa shape index (κ1) is 14.3. The Morgan fingerprint density at radius 1 is 1.40 bits per heavy atom. The van der Waals surface area contributed by atoms with Crippen LogP contribution < -0.4 is 4.90 Å². The summed E-state index contributed by atoms with van der Waals surface area (Å²) >= 11 is 0. The molecule has 1 aliphatic heterocycles. The molecule has 7 nitrogen and oxygen atoms in total. The zero-order valence-electron chi connectivity index (χ0n) is 10.9. The Morgan fingerprint density at radius 2 is 2.05 bits per heavy atom. The fraction of sp³-hybridized carbons (Fsp3) is 0.462. The molecule has 1 saturated heterocycles. The van der Waals surface area contributed by atoms with E-state index in [1.165, 1.54) is 18.2 Å². The van der Waals surface area contributed by atoms with Crippen molar-refractivity contribution in [3.8, 4) is 0 Å². The smallest absolute Gasteiger partial charge is 0.335 e. The molecule has 0 aromatic heterocycles. The van der Waals surface area contributed by atoms with Crippen LogP contribution in [0.5, 0.6) is 0 Å².